The van der Waals surface area contributed by atoms with Crippen LogP contribution in [-0.4, -0.2) is 30.0 Å². The Bertz CT molecular complexity index is 1170. The lowest BCUT2D eigenvalue weighted by Gasteiger charge is -2.36. The first kappa shape index (κ1) is 22.0. The Kier molecular flexibility index (Phi) is 6.23. The fraction of sp³-hybridized carbons (Fsp3) is 0.179. The molecule has 2 amide bonds. The van der Waals surface area contributed by atoms with Crippen LogP contribution in [0.15, 0.2) is 90.5 Å². The maximum Gasteiger partial charge on any atom is 0.270 e. The standard InChI is InChI=1S/C28H25N3O2S/c32-26-25(20-21-14-16-22(17-15-21)29-18-8-3-9-19-29)27(33)31(24-12-6-2-7-13-24)28(34)30(26)23-10-4-1-5-11-23/h1-2,4-7,10-17,20H,3,8-9,18-19H2. The topological polar surface area (TPSA) is 43.9 Å². The van der Waals surface area contributed by atoms with Crippen molar-refractivity contribution in [3.05, 3.63) is 96.1 Å². The van der Waals surface area contributed by atoms with Gasteiger partial charge in [0.25, 0.3) is 11.8 Å². The van der Waals surface area contributed by atoms with Crippen molar-refractivity contribution in [2.45, 2.75) is 19.3 Å². The highest BCUT2D eigenvalue weighted by molar-refractivity contribution is 7.81. The molecule has 6 heteroatoms. The fourth-order valence-corrected chi connectivity index (χ4v) is 4.82. The summed E-state index contributed by atoms with van der Waals surface area (Å²) >= 11 is 5.65. The van der Waals surface area contributed by atoms with E-state index in [0.29, 0.717) is 11.4 Å². The average molecular weight is 468 g/mol. The lowest BCUT2D eigenvalue weighted by molar-refractivity contribution is -0.120. The lowest BCUT2D eigenvalue weighted by atomic mass is 10.0. The molecule has 5 nitrogen and oxygen atoms in total. The largest absolute Gasteiger partial charge is 0.372 e. The number of piperidine rings is 1. The SMILES string of the molecule is O=C1C(=Cc2ccc(N3CCCCC3)cc2)C(=O)N(c2ccccc2)C(=S)N1c1ccccc1. The van der Waals surface area contributed by atoms with E-state index < -0.39 is 11.8 Å². The molecular formula is C28H25N3O2S. The van der Waals surface area contributed by atoms with E-state index in [2.05, 4.69) is 17.0 Å². The minimum Gasteiger partial charge on any atom is -0.372 e. The van der Waals surface area contributed by atoms with Crippen molar-refractivity contribution < 1.29 is 9.59 Å². The van der Waals surface area contributed by atoms with Gasteiger partial charge in [-0.2, -0.15) is 0 Å². The summed E-state index contributed by atoms with van der Waals surface area (Å²) in [4.78, 5) is 32.3. The molecule has 3 aromatic carbocycles. The minimum absolute atomic E-state index is 0.0760. The van der Waals surface area contributed by atoms with Gasteiger partial charge in [0.15, 0.2) is 5.11 Å². The number of para-hydroxylation sites is 2. The Morgan fingerprint density at radius 1 is 0.618 bits per heavy atom. The maximum atomic E-state index is 13.6. The van der Waals surface area contributed by atoms with Crippen molar-refractivity contribution in [2.75, 3.05) is 27.8 Å². The van der Waals surface area contributed by atoms with Gasteiger partial charge in [-0.1, -0.05) is 48.5 Å². The Hall–Kier alpha value is -3.77. The highest BCUT2D eigenvalue weighted by Gasteiger charge is 2.41. The van der Waals surface area contributed by atoms with Crippen LogP contribution in [0.2, 0.25) is 0 Å². The molecule has 34 heavy (non-hydrogen) atoms. The van der Waals surface area contributed by atoms with Gasteiger partial charge in [0.2, 0.25) is 0 Å². The minimum atomic E-state index is -0.423. The number of anilines is 3. The molecule has 0 spiro atoms. The van der Waals surface area contributed by atoms with E-state index in [0.717, 1.165) is 18.7 Å². The summed E-state index contributed by atoms with van der Waals surface area (Å²) in [5.74, 6) is -0.845. The van der Waals surface area contributed by atoms with E-state index in [-0.39, 0.29) is 10.7 Å². The summed E-state index contributed by atoms with van der Waals surface area (Å²) in [6.07, 6.45) is 5.36. The highest BCUT2D eigenvalue weighted by Crippen LogP contribution is 2.30. The first-order chi connectivity index (χ1) is 16.6. The Labute approximate surface area is 204 Å². The Balaban J connectivity index is 1.53. The van der Waals surface area contributed by atoms with Crippen LogP contribution in [0.5, 0.6) is 0 Å². The second-order valence-electron chi connectivity index (χ2n) is 8.43. The molecule has 5 rings (SSSR count). The van der Waals surface area contributed by atoms with Crippen LogP contribution in [-0.2, 0) is 9.59 Å². The van der Waals surface area contributed by atoms with Gasteiger partial charge >= 0.3 is 0 Å². The summed E-state index contributed by atoms with van der Waals surface area (Å²) < 4.78 is 0. The Morgan fingerprint density at radius 3 is 1.62 bits per heavy atom. The fourth-order valence-electron chi connectivity index (χ4n) is 4.44. The lowest BCUT2D eigenvalue weighted by Crippen LogP contribution is -2.56. The van der Waals surface area contributed by atoms with Gasteiger partial charge in [0.05, 0.1) is 11.4 Å². The van der Waals surface area contributed by atoms with E-state index >= 15 is 0 Å². The van der Waals surface area contributed by atoms with E-state index in [4.69, 9.17) is 12.2 Å². The summed E-state index contributed by atoms with van der Waals surface area (Å²) in [5, 5.41) is 0.144. The molecule has 0 aliphatic carbocycles. The van der Waals surface area contributed by atoms with Gasteiger partial charge in [-0.3, -0.25) is 19.4 Å². The van der Waals surface area contributed by atoms with E-state index in [1.165, 1.54) is 34.7 Å². The zero-order valence-corrected chi connectivity index (χ0v) is 19.6. The smallest absolute Gasteiger partial charge is 0.270 e. The molecule has 2 fully saturated rings. The number of hydrogen-bond acceptors (Lipinski definition) is 4. The normalized spacial score (nSPS) is 16.8. The van der Waals surface area contributed by atoms with Crippen LogP contribution in [0.25, 0.3) is 6.08 Å². The van der Waals surface area contributed by atoms with Crippen LogP contribution in [0.1, 0.15) is 24.8 Å². The molecular weight excluding hydrogens is 442 g/mol. The van der Waals surface area contributed by atoms with Crippen molar-refractivity contribution in [3.8, 4) is 0 Å². The number of benzene rings is 3. The van der Waals surface area contributed by atoms with Crippen LogP contribution < -0.4 is 14.7 Å². The third-order valence-electron chi connectivity index (χ3n) is 6.20. The van der Waals surface area contributed by atoms with Crippen LogP contribution in [0.3, 0.4) is 0 Å². The first-order valence-electron chi connectivity index (χ1n) is 11.5. The molecule has 3 aromatic rings. The van der Waals surface area contributed by atoms with Crippen molar-refractivity contribution in [3.63, 3.8) is 0 Å². The number of hydrogen-bond donors (Lipinski definition) is 0. The van der Waals surface area contributed by atoms with Crippen LogP contribution in [0.4, 0.5) is 17.1 Å². The molecule has 0 bridgehead atoms. The predicted octanol–water partition coefficient (Wildman–Crippen LogP) is 5.43. The van der Waals surface area contributed by atoms with E-state index in [1.54, 1.807) is 6.08 Å². The summed E-state index contributed by atoms with van der Waals surface area (Å²) in [5.41, 5.74) is 3.29. The molecule has 2 heterocycles. The molecule has 0 unspecified atom stereocenters. The zero-order chi connectivity index (χ0) is 23.5. The molecule has 0 radical (unpaired) electrons. The predicted molar refractivity (Wildman–Crippen MR) is 141 cm³/mol. The highest BCUT2D eigenvalue weighted by atomic mass is 32.1. The molecule has 0 atom stereocenters. The average Bonchev–Trinajstić information content (AvgIpc) is 2.89. The van der Waals surface area contributed by atoms with Crippen molar-refractivity contribution in [2.24, 2.45) is 0 Å². The van der Waals surface area contributed by atoms with E-state index in [9.17, 15) is 9.59 Å². The van der Waals surface area contributed by atoms with Crippen LogP contribution >= 0.6 is 12.2 Å². The zero-order valence-electron chi connectivity index (χ0n) is 18.8. The second-order valence-corrected chi connectivity index (χ2v) is 8.80. The molecule has 2 aliphatic rings. The third kappa shape index (κ3) is 4.24. The Morgan fingerprint density at radius 2 is 1.12 bits per heavy atom. The molecule has 0 aromatic heterocycles. The van der Waals surface area contributed by atoms with Gasteiger partial charge in [-0.25, -0.2) is 0 Å². The number of rotatable bonds is 4. The molecule has 2 saturated heterocycles. The van der Waals surface area contributed by atoms with Crippen molar-refractivity contribution >= 4 is 52.3 Å². The number of carbonyl (C=O) groups excluding carboxylic acids is 2. The number of amides is 2. The molecule has 170 valence electrons. The van der Waals surface area contributed by atoms with Gasteiger partial charge in [-0.15, -0.1) is 0 Å². The molecule has 0 saturated carbocycles. The number of nitrogens with zero attached hydrogens (tertiary/aromatic N) is 3. The number of thiocarbonyl (C=S) groups is 1. The molecule has 2 aliphatic heterocycles. The second kappa shape index (κ2) is 9.61. The van der Waals surface area contributed by atoms with Crippen molar-refractivity contribution in [1.82, 2.24) is 0 Å². The monoisotopic (exact) mass is 467 g/mol. The summed E-state index contributed by atoms with van der Waals surface area (Å²) in [7, 11) is 0. The summed E-state index contributed by atoms with van der Waals surface area (Å²) in [6, 6.07) is 26.4. The summed E-state index contributed by atoms with van der Waals surface area (Å²) in [6.45, 7) is 2.12. The quantitative estimate of drug-likeness (QED) is 0.292. The van der Waals surface area contributed by atoms with Gasteiger partial charge in [0, 0.05) is 18.8 Å². The van der Waals surface area contributed by atoms with Gasteiger partial charge < -0.3 is 4.90 Å². The van der Waals surface area contributed by atoms with Crippen molar-refractivity contribution in [1.29, 1.82) is 0 Å². The maximum absolute atomic E-state index is 13.6. The number of carbonyl (C=O) groups is 2. The van der Waals surface area contributed by atoms with Crippen LogP contribution in [0, 0.1) is 0 Å². The third-order valence-corrected chi connectivity index (χ3v) is 6.57. The first-order valence-corrected chi connectivity index (χ1v) is 11.9. The van der Waals surface area contributed by atoms with E-state index in [1.807, 2.05) is 72.8 Å². The molecule has 0 N–H and O–H groups in total. The van der Waals surface area contributed by atoms with Gasteiger partial charge in [-0.05, 0) is 79.5 Å². The van der Waals surface area contributed by atoms with Gasteiger partial charge in [0.1, 0.15) is 5.57 Å².